The Morgan fingerprint density at radius 1 is 0.262 bits per heavy atom. The molecule has 16 rings (SSSR count). The second-order valence-electron chi connectivity index (χ2n) is 17.9. The highest BCUT2D eigenvalue weighted by atomic mass is 16.3. The quantitative estimate of drug-likeness (QED) is 0.174. The van der Waals surface area contributed by atoms with Gasteiger partial charge in [0.05, 0.1) is 27.5 Å². The Morgan fingerprint density at radius 2 is 0.662 bits per heavy atom. The van der Waals surface area contributed by atoms with Crippen molar-refractivity contribution < 1.29 is 8.83 Å². The lowest BCUT2D eigenvalue weighted by atomic mass is 9.70. The van der Waals surface area contributed by atoms with Crippen molar-refractivity contribution in [2.75, 3.05) is 0 Å². The third kappa shape index (κ3) is 4.14. The molecule has 300 valence electrons. The van der Waals surface area contributed by atoms with Crippen molar-refractivity contribution in [3.05, 3.63) is 229 Å². The van der Waals surface area contributed by atoms with Gasteiger partial charge in [0.1, 0.15) is 22.3 Å². The molecule has 14 aromatic rings. The monoisotopic (exact) mass is 826 g/mol. The maximum atomic E-state index is 6.33. The third-order valence-electron chi connectivity index (χ3n) is 14.9. The van der Waals surface area contributed by atoms with E-state index >= 15 is 0 Å². The molecule has 0 radical (unpaired) electrons. The Labute approximate surface area is 371 Å². The minimum atomic E-state index is -0.571. The molecule has 2 aliphatic rings. The second-order valence-corrected chi connectivity index (χ2v) is 17.9. The van der Waals surface area contributed by atoms with Crippen LogP contribution in [0, 0.1) is 0 Å². The fourth-order valence-corrected chi connectivity index (χ4v) is 12.3. The number of nitrogens with zero attached hydrogens (tertiary/aromatic N) is 2. The van der Waals surface area contributed by atoms with Gasteiger partial charge in [0.2, 0.25) is 0 Å². The molecule has 65 heavy (non-hydrogen) atoms. The highest BCUT2D eigenvalue weighted by Gasteiger charge is 2.52. The number of hydrogen-bond donors (Lipinski definition) is 0. The lowest BCUT2D eigenvalue weighted by molar-refractivity contribution is 0.668. The van der Waals surface area contributed by atoms with Crippen LogP contribution in [0.2, 0.25) is 0 Å². The Hall–Kier alpha value is -8.60. The first kappa shape index (κ1) is 34.0. The van der Waals surface area contributed by atoms with E-state index in [2.05, 4.69) is 203 Å². The van der Waals surface area contributed by atoms with E-state index < -0.39 is 5.41 Å². The molecule has 0 fully saturated rings. The molecule has 4 heteroatoms. The van der Waals surface area contributed by atoms with Crippen LogP contribution in [0.1, 0.15) is 22.3 Å². The summed E-state index contributed by atoms with van der Waals surface area (Å²) in [5, 5.41) is 9.45. The van der Waals surface area contributed by atoms with Crippen molar-refractivity contribution >= 4 is 87.5 Å². The number of rotatable bonds is 2. The largest absolute Gasteiger partial charge is 0.456 e. The Balaban J connectivity index is 1.02. The van der Waals surface area contributed by atoms with E-state index in [1.54, 1.807) is 0 Å². The first-order valence-corrected chi connectivity index (χ1v) is 22.4. The topological polar surface area (TPSA) is 36.1 Å². The van der Waals surface area contributed by atoms with E-state index in [0.717, 1.165) is 55.3 Å². The summed E-state index contributed by atoms with van der Waals surface area (Å²) in [4.78, 5) is 0. The third-order valence-corrected chi connectivity index (χ3v) is 14.9. The Kier molecular flexibility index (Phi) is 6.21. The summed E-state index contributed by atoms with van der Waals surface area (Å²) >= 11 is 0. The van der Waals surface area contributed by atoms with Gasteiger partial charge in [-0.15, -0.1) is 0 Å². The molecule has 2 aliphatic carbocycles. The maximum absolute atomic E-state index is 6.33. The zero-order chi connectivity index (χ0) is 42.1. The van der Waals surface area contributed by atoms with Crippen LogP contribution in [0.5, 0.6) is 0 Å². The van der Waals surface area contributed by atoms with Gasteiger partial charge in [-0.25, -0.2) is 0 Å². The number of hydrogen-bond acceptors (Lipinski definition) is 2. The van der Waals surface area contributed by atoms with Crippen molar-refractivity contribution in [1.82, 2.24) is 9.13 Å². The van der Waals surface area contributed by atoms with Gasteiger partial charge in [-0.3, -0.25) is 0 Å². The van der Waals surface area contributed by atoms with Gasteiger partial charge in [0.15, 0.2) is 0 Å². The van der Waals surface area contributed by atoms with Gasteiger partial charge in [-0.2, -0.15) is 0 Å². The van der Waals surface area contributed by atoms with E-state index in [4.69, 9.17) is 8.83 Å². The zero-order valence-corrected chi connectivity index (χ0v) is 34.8. The van der Waals surface area contributed by atoms with Crippen molar-refractivity contribution in [2.45, 2.75) is 5.41 Å². The number of furan rings is 2. The normalized spacial score (nSPS) is 13.7. The highest BCUT2D eigenvalue weighted by molar-refractivity contribution is 6.16. The molecule has 0 bridgehead atoms. The first-order valence-electron chi connectivity index (χ1n) is 22.4. The molecule has 10 aromatic carbocycles. The predicted molar refractivity (Wildman–Crippen MR) is 266 cm³/mol. The van der Waals surface area contributed by atoms with Crippen LogP contribution in [0.15, 0.2) is 215 Å². The van der Waals surface area contributed by atoms with E-state index in [1.807, 2.05) is 12.1 Å². The molecular formula is C61H34N2O2. The summed E-state index contributed by atoms with van der Waals surface area (Å²) in [6.07, 6.45) is 0. The molecule has 4 heterocycles. The number of benzene rings is 10. The fraction of sp³-hybridized carbons (Fsp3) is 0.0164. The van der Waals surface area contributed by atoms with Gasteiger partial charge >= 0.3 is 0 Å². The van der Waals surface area contributed by atoms with E-state index in [9.17, 15) is 0 Å². The van der Waals surface area contributed by atoms with Gasteiger partial charge < -0.3 is 18.0 Å². The van der Waals surface area contributed by atoms with Crippen molar-refractivity contribution in [2.24, 2.45) is 0 Å². The maximum Gasteiger partial charge on any atom is 0.135 e. The lowest BCUT2D eigenvalue weighted by Gasteiger charge is -2.30. The van der Waals surface area contributed by atoms with Crippen LogP contribution < -0.4 is 0 Å². The molecule has 0 amide bonds. The van der Waals surface area contributed by atoms with E-state index in [0.29, 0.717) is 0 Å². The molecule has 4 aromatic heterocycles. The summed E-state index contributed by atoms with van der Waals surface area (Å²) in [6.45, 7) is 0. The summed E-state index contributed by atoms with van der Waals surface area (Å²) in [7, 11) is 0. The van der Waals surface area contributed by atoms with Crippen molar-refractivity contribution in [1.29, 1.82) is 0 Å². The highest BCUT2D eigenvalue weighted by Crippen LogP contribution is 2.64. The summed E-state index contributed by atoms with van der Waals surface area (Å²) in [5.41, 5.74) is 20.4. The van der Waals surface area contributed by atoms with Crippen LogP contribution in [-0.2, 0) is 5.41 Å². The molecule has 0 unspecified atom stereocenters. The van der Waals surface area contributed by atoms with Gasteiger partial charge in [-0.05, 0) is 129 Å². The standard InChI is InChI=1S/C61H34N2O2/c1-7-19-49-37(13-1)43-31-45-39-15-3-9-21-53(39)62(35-25-27-59-47(29-35)41-17-5-11-23-57(41)64-59)55(45)33-51(43)61(49)50-20-8-2-14-38(50)44-32-46-40-16-4-10-22-54(40)63(56(46)34-52(44)61)36-26-28-60-48(30-36)42-18-6-12-24-58(42)65-60/h1-34H. The fourth-order valence-electron chi connectivity index (χ4n) is 12.3. The molecule has 0 saturated carbocycles. The molecule has 0 aliphatic heterocycles. The van der Waals surface area contributed by atoms with Gasteiger partial charge in [0.25, 0.3) is 0 Å². The average molecular weight is 827 g/mol. The molecule has 0 N–H and O–H groups in total. The van der Waals surface area contributed by atoms with Crippen LogP contribution in [-0.4, -0.2) is 9.13 Å². The summed E-state index contributed by atoms with van der Waals surface area (Å²) < 4.78 is 17.6. The molecule has 0 atom stereocenters. The lowest BCUT2D eigenvalue weighted by Crippen LogP contribution is -2.26. The average Bonchev–Trinajstić information content (AvgIpc) is 4.19. The van der Waals surface area contributed by atoms with Gasteiger partial charge in [-0.1, -0.05) is 121 Å². The van der Waals surface area contributed by atoms with E-state index in [-0.39, 0.29) is 0 Å². The number of para-hydroxylation sites is 4. The number of fused-ring (bicyclic) bond motifs is 22. The first-order chi connectivity index (χ1) is 32.2. The smallest absolute Gasteiger partial charge is 0.135 e. The van der Waals surface area contributed by atoms with Gasteiger partial charge in [0, 0.05) is 54.5 Å². The Bertz CT molecular complexity index is 4150. The molecule has 0 saturated heterocycles. The molecular weight excluding hydrogens is 793 g/mol. The molecule has 4 nitrogen and oxygen atoms in total. The van der Waals surface area contributed by atoms with Crippen LogP contribution in [0.25, 0.3) is 121 Å². The number of aromatic nitrogens is 2. The van der Waals surface area contributed by atoms with Crippen molar-refractivity contribution in [3.63, 3.8) is 0 Å². The zero-order valence-electron chi connectivity index (χ0n) is 34.8. The predicted octanol–water partition coefficient (Wildman–Crippen LogP) is 16.0. The minimum absolute atomic E-state index is 0.571. The summed E-state index contributed by atoms with van der Waals surface area (Å²) in [6, 6.07) is 76.1. The van der Waals surface area contributed by atoms with Crippen LogP contribution in [0.3, 0.4) is 0 Å². The minimum Gasteiger partial charge on any atom is -0.456 e. The van der Waals surface area contributed by atoms with E-state index in [1.165, 1.54) is 88.1 Å². The summed E-state index contributed by atoms with van der Waals surface area (Å²) in [5.74, 6) is 0. The SMILES string of the molecule is c1ccc2c(c1)-c1cc3c4ccccc4n(-c4ccc5oc6ccccc6c5c4)c3cc1C21c2ccccc2-c2cc3c4ccccc4n(-c4ccc5oc6ccccc6c5c4)c3cc21. The van der Waals surface area contributed by atoms with Crippen LogP contribution in [0.4, 0.5) is 0 Å². The Morgan fingerprint density at radius 3 is 1.15 bits per heavy atom. The molecule has 1 spiro atoms. The second kappa shape index (κ2) is 11.9. The van der Waals surface area contributed by atoms with Crippen LogP contribution >= 0.6 is 0 Å². The van der Waals surface area contributed by atoms with Crippen molar-refractivity contribution in [3.8, 4) is 33.6 Å².